The Kier molecular flexibility index (Phi) is 11.9. The summed E-state index contributed by atoms with van der Waals surface area (Å²) in [5, 5.41) is 6.03. The molecule has 0 fully saturated rings. The summed E-state index contributed by atoms with van der Waals surface area (Å²) < 4.78 is 59.7. The van der Waals surface area contributed by atoms with Gasteiger partial charge in [0.05, 0.1) is 5.69 Å². The molecule has 0 aliphatic carbocycles. The molecule has 3 rings (SSSR count). The van der Waals surface area contributed by atoms with E-state index in [1.807, 2.05) is 13.8 Å². The number of hydrogen-bond donors (Lipinski definition) is 1. The molecule has 0 atom stereocenters. The van der Waals surface area contributed by atoms with Crippen LogP contribution in [0.2, 0.25) is 0 Å². The third kappa shape index (κ3) is 8.80. The first-order valence-electron chi connectivity index (χ1n) is 11.8. The number of nitrogens with two attached hydrogens (primary N) is 1. The summed E-state index contributed by atoms with van der Waals surface area (Å²) in [4.78, 5) is 20.3. The molecule has 0 bridgehead atoms. The maximum atomic E-state index is 12.7. The second kappa shape index (κ2) is 15.1. The molecule has 2 N–H and O–H groups in total. The number of allylic oxidation sites excluding steroid dienone is 2. The zero-order valence-corrected chi connectivity index (χ0v) is 21.8. The molecule has 1 aliphatic heterocycles. The minimum Gasteiger partial charge on any atom is -0.472 e. The second-order valence-corrected chi connectivity index (χ2v) is 7.48. The fourth-order valence-electron chi connectivity index (χ4n) is 3.25. The number of carbonyl (C=O) groups excluding carboxylic acids is 1. The van der Waals surface area contributed by atoms with Crippen LogP contribution in [-0.4, -0.2) is 57.8 Å². The van der Waals surface area contributed by atoms with Crippen molar-refractivity contribution in [3.05, 3.63) is 71.4 Å². The number of rotatable bonds is 9. The number of dihydropyridines is 1. The number of aldehydes is 1. The minimum atomic E-state index is -3.01. The molecule has 0 saturated heterocycles. The highest BCUT2D eigenvalue weighted by atomic mass is 19.3. The fraction of sp³-hybridized carbons (Fsp3) is 0.259. The molecule has 0 aromatic heterocycles. The number of ether oxygens (including phenoxy) is 2. The lowest BCUT2D eigenvalue weighted by molar-refractivity contribution is -0.103. The Morgan fingerprint density at radius 3 is 2.38 bits per heavy atom. The summed E-state index contributed by atoms with van der Waals surface area (Å²) >= 11 is 0. The van der Waals surface area contributed by atoms with Gasteiger partial charge in [-0.3, -0.25) is 14.8 Å². The molecule has 39 heavy (non-hydrogen) atoms. The first-order chi connectivity index (χ1) is 18.7. The average Bonchev–Trinajstić information content (AvgIpc) is 2.92. The van der Waals surface area contributed by atoms with Gasteiger partial charge in [0.2, 0.25) is 5.90 Å². The van der Waals surface area contributed by atoms with Crippen LogP contribution < -0.4 is 15.5 Å². The molecule has 0 saturated carbocycles. The number of hydrazone groups is 1. The number of benzene rings is 2. The molecule has 12 heteroatoms. The van der Waals surface area contributed by atoms with Crippen molar-refractivity contribution in [3.63, 3.8) is 0 Å². The summed E-state index contributed by atoms with van der Waals surface area (Å²) in [6.45, 7) is 0.0932. The second-order valence-electron chi connectivity index (χ2n) is 7.48. The van der Waals surface area contributed by atoms with Gasteiger partial charge in [-0.2, -0.15) is 13.9 Å². The predicted molar refractivity (Wildman–Crippen MR) is 146 cm³/mol. The van der Waals surface area contributed by atoms with E-state index in [0.717, 1.165) is 0 Å². The van der Waals surface area contributed by atoms with Gasteiger partial charge < -0.3 is 15.2 Å². The third-order valence-electron chi connectivity index (χ3n) is 4.94. The molecule has 8 nitrogen and oxygen atoms in total. The summed E-state index contributed by atoms with van der Waals surface area (Å²) in [6.07, 6.45) is 2.17. The highest BCUT2D eigenvalue weighted by molar-refractivity contribution is 6.25. The third-order valence-corrected chi connectivity index (χ3v) is 4.94. The molecule has 0 radical (unpaired) electrons. The van der Waals surface area contributed by atoms with Gasteiger partial charge in [-0.1, -0.05) is 26.0 Å². The van der Waals surface area contributed by atoms with Gasteiger partial charge in [-0.15, -0.1) is 0 Å². The average molecular weight is 548 g/mol. The lowest BCUT2D eigenvalue weighted by Gasteiger charge is -2.19. The molecule has 1 heterocycles. The van der Waals surface area contributed by atoms with Crippen molar-refractivity contribution in [2.45, 2.75) is 26.9 Å². The van der Waals surface area contributed by atoms with Gasteiger partial charge in [0.15, 0.2) is 12.9 Å². The zero-order valence-electron chi connectivity index (χ0n) is 21.8. The Balaban J connectivity index is 0.00000260. The fourth-order valence-corrected chi connectivity index (χ4v) is 3.25. The molecule has 0 spiro atoms. The normalized spacial score (nSPS) is 15.2. The summed E-state index contributed by atoms with van der Waals surface area (Å²) in [5.41, 5.74) is 8.36. The van der Waals surface area contributed by atoms with Crippen LogP contribution in [0.5, 0.6) is 5.75 Å². The highest BCUT2D eigenvalue weighted by Crippen LogP contribution is 2.26. The van der Waals surface area contributed by atoms with Crippen LogP contribution in [0.4, 0.5) is 28.9 Å². The van der Waals surface area contributed by atoms with Crippen molar-refractivity contribution in [2.75, 3.05) is 31.4 Å². The number of anilines is 2. The van der Waals surface area contributed by atoms with Crippen LogP contribution in [-0.2, 0) is 9.53 Å². The Morgan fingerprint density at radius 2 is 1.79 bits per heavy atom. The minimum absolute atomic E-state index is 0.0226. The molecule has 2 aromatic rings. The van der Waals surface area contributed by atoms with Crippen molar-refractivity contribution in [1.29, 1.82) is 0 Å². The van der Waals surface area contributed by atoms with Crippen molar-refractivity contribution < 1.29 is 31.8 Å². The van der Waals surface area contributed by atoms with Crippen molar-refractivity contribution in [2.24, 2.45) is 15.1 Å². The van der Waals surface area contributed by atoms with E-state index in [2.05, 4.69) is 19.8 Å². The number of carbonyl (C=O) groups is 1. The van der Waals surface area contributed by atoms with Crippen molar-refractivity contribution in [1.82, 2.24) is 0 Å². The van der Waals surface area contributed by atoms with E-state index in [9.17, 15) is 22.4 Å². The lowest BCUT2D eigenvalue weighted by Crippen LogP contribution is -2.19. The van der Waals surface area contributed by atoms with Crippen LogP contribution in [0.1, 0.15) is 25.0 Å². The van der Waals surface area contributed by atoms with Gasteiger partial charge in [0, 0.05) is 43.2 Å². The topological polar surface area (TPSA) is 102 Å². The van der Waals surface area contributed by atoms with Crippen molar-refractivity contribution >= 4 is 41.1 Å². The van der Waals surface area contributed by atoms with E-state index >= 15 is 0 Å². The SMILES string of the molecule is CC.CN=Cc1cc(N(C)/N=C2/C=CC(OCC(F)F)=N/C2=C(/C=O)c2ccc(OC(F)F)cc2)ccc1N. The van der Waals surface area contributed by atoms with E-state index in [1.54, 1.807) is 38.5 Å². The Morgan fingerprint density at radius 1 is 1.10 bits per heavy atom. The largest absolute Gasteiger partial charge is 0.472 e. The zero-order chi connectivity index (χ0) is 28.9. The molecule has 0 amide bonds. The Labute approximate surface area is 223 Å². The van der Waals surface area contributed by atoms with E-state index in [1.165, 1.54) is 41.4 Å². The van der Waals surface area contributed by atoms with E-state index in [0.29, 0.717) is 28.8 Å². The van der Waals surface area contributed by atoms with E-state index in [-0.39, 0.29) is 28.6 Å². The number of aliphatic imine (C=N–C) groups is 2. The lowest BCUT2D eigenvalue weighted by atomic mass is 10.0. The van der Waals surface area contributed by atoms with Gasteiger partial charge >= 0.3 is 6.61 Å². The van der Waals surface area contributed by atoms with Crippen molar-refractivity contribution in [3.8, 4) is 5.75 Å². The summed E-state index contributed by atoms with van der Waals surface area (Å²) in [5.74, 6) is -0.256. The number of nitrogen functional groups attached to an aromatic ring is 1. The first-order valence-corrected chi connectivity index (χ1v) is 11.8. The first kappa shape index (κ1) is 30.7. The number of halogens is 4. The monoisotopic (exact) mass is 547 g/mol. The predicted octanol–water partition coefficient (Wildman–Crippen LogP) is 5.60. The highest BCUT2D eigenvalue weighted by Gasteiger charge is 2.20. The molecule has 0 unspecified atom stereocenters. The van der Waals surface area contributed by atoms with Crippen LogP contribution in [0.15, 0.2) is 75.4 Å². The van der Waals surface area contributed by atoms with Gasteiger partial charge in [-0.05, 0) is 42.0 Å². The van der Waals surface area contributed by atoms with Gasteiger partial charge in [0.25, 0.3) is 6.43 Å². The molecular weight excluding hydrogens is 518 g/mol. The maximum absolute atomic E-state index is 12.7. The van der Waals surface area contributed by atoms with Crippen LogP contribution in [0.3, 0.4) is 0 Å². The maximum Gasteiger partial charge on any atom is 0.387 e. The molecule has 2 aromatic carbocycles. The van der Waals surface area contributed by atoms with Gasteiger partial charge in [-0.25, -0.2) is 13.8 Å². The Bertz CT molecular complexity index is 1270. The quantitative estimate of drug-likeness (QED) is 0.110. The van der Waals surface area contributed by atoms with E-state index < -0.39 is 19.6 Å². The summed E-state index contributed by atoms with van der Waals surface area (Å²) in [7, 11) is 3.26. The standard InChI is InChI=1S/C25H23F4N5O3.C2H6/c1-31-12-16-11-17(5-8-20(16)30)34(2)33-21-9-10-23(36-14-22(26)27)32-24(21)19(13-35)15-3-6-18(7-4-15)37-25(28)29;1-2/h3-13,22,25H,14,30H2,1-2H3;1-2H3/b24-19-,31-12?,33-21-;. The number of nitrogens with zero attached hydrogens (tertiary/aromatic N) is 4. The Hall–Kier alpha value is -4.48. The van der Waals surface area contributed by atoms with Crippen LogP contribution in [0, 0.1) is 0 Å². The van der Waals surface area contributed by atoms with E-state index in [4.69, 9.17) is 10.5 Å². The van der Waals surface area contributed by atoms with Gasteiger partial charge in [0.1, 0.15) is 17.2 Å². The molecular formula is C27H29F4N5O3. The summed E-state index contributed by atoms with van der Waals surface area (Å²) in [6, 6.07) is 10.5. The smallest absolute Gasteiger partial charge is 0.387 e. The molecule has 1 aliphatic rings. The number of alkyl halides is 4. The number of hydrogen-bond acceptors (Lipinski definition) is 8. The molecule has 208 valence electrons. The van der Waals surface area contributed by atoms with Crippen LogP contribution in [0.25, 0.3) is 5.57 Å². The van der Waals surface area contributed by atoms with Crippen LogP contribution >= 0.6 is 0 Å².